The first-order valence-electron chi connectivity index (χ1n) is 11.2. The van der Waals surface area contributed by atoms with Crippen molar-refractivity contribution in [3.63, 3.8) is 0 Å². The second-order valence-electron chi connectivity index (χ2n) is 8.43. The molecule has 4 rings (SSSR count). The van der Waals surface area contributed by atoms with Gasteiger partial charge < -0.3 is 24.2 Å². The zero-order valence-electron chi connectivity index (χ0n) is 20.6. The minimum atomic E-state index is -0.707. The minimum absolute atomic E-state index is 0.0509. The lowest BCUT2D eigenvalue weighted by Gasteiger charge is -2.15. The highest BCUT2D eigenvalue weighted by Crippen LogP contribution is 2.37. The molecule has 35 heavy (non-hydrogen) atoms. The van der Waals surface area contributed by atoms with Crippen molar-refractivity contribution in [3.8, 4) is 39.7 Å². The largest absolute Gasteiger partial charge is 0.491 e. The van der Waals surface area contributed by atoms with E-state index in [1.54, 1.807) is 20.9 Å². The number of aliphatic hydroxyl groups excluding tert-OH is 1. The monoisotopic (exact) mass is 481 g/mol. The van der Waals surface area contributed by atoms with Gasteiger partial charge in [-0.2, -0.15) is 0 Å². The second-order valence-corrected chi connectivity index (χ2v) is 8.43. The van der Waals surface area contributed by atoms with Crippen molar-refractivity contribution in [1.29, 1.82) is 0 Å². The van der Waals surface area contributed by atoms with Crippen LogP contribution in [0.15, 0.2) is 27.2 Å². The summed E-state index contributed by atoms with van der Waals surface area (Å²) in [7, 11) is 1.74. The fourth-order valence-electron chi connectivity index (χ4n) is 4.02. The van der Waals surface area contributed by atoms with E-state index >= 15 is 4.39 Å². The normalized spacial score (nSPS) is 12.2. The van der Waals surface area contributed by atoms with Gasteiger partial charge in [-0.25, -0.2) is 14.4 Å². The molecular formula is C25H28FN5O4. The summed E-state index contributed by atoms with van der Waals surface area (Å²) in [4.78, 5) is 9.49. The highest BCUT2D eigenvalue weighted by atomic mass is 19.1. The number of aryl methyl sites for hydroxylation is 4. The summed E-state index contributed by atoms with van der Waals surface area (Å²) in [6, 6.07) is 4.33. The molecule has 4 aromatic rings. The van der Waals surface area contributed by atoms with Crippen LogP contribution < -0.4 is 10.1 Å². The number of hydrogen-bond acceptors (Lipinski definition) is 9. The minimum Gasteiger partial charge on any atom is -0.491 e. The van der Waals surface area contributed by atoms with Crippen molar-refractivity contribution >= 4 is 0 Å². The molecule has 0 saturated carbocycles. The second kappa shape index (κ2) is 9.93. The lowest BCUT2D eigenvalue weighted by molar-refractivity contribution is 0.108. The highest BCUT2D eigenvalue weighted by molar-refractivity contribution is 5.79. The molecule has 2 N–H and O–H groups in total. The summed E-state index contributed by atoms with van der Waals surface area (Å²) < 4.78 is 31.5. The van der Waals surface area contributed by atoms with Crippen LogP contribution in [0.4, 0.5) is 4.39 Å². The average molecular weight is 482 g/mol. The molecule has 0 unspecified atom stereocenters. The first kappa shape index (κ1) is 24.5. The van der Waals surface area contributed by atoms with Crippen molar-refractivity contribution in [3.05, 3.63) is 52.5 Å². The standard InChI is InChI=1S/C25H28FN5O4/c1-12-23(21-13(2)30-34-15(21)4)28-25(29-24(12)22-14(3)31-35-16(22)5)19-9-18(7-8-20(19)26)33-11-17(32)10-27-6/h7-9,17,27,32H,10-11H2,1-6H3/t17-/m1/s1. The van der Waals surface area contributed by atoms with E-state index < -0.39 is 11.9 Å². The van der Waals surface area contributed by atoms with Crippen molar-refractivity contribution in [2.75, 3.05) is 20.2 Å². The molecular weight excluding hydrogens is 453 g/mol. The van der Waals surface area contributed by atoms with Gasteiger partial charge in [-0.1, -0.05) is 10.3 Å². The van der Waals surface area contributed by atoms with Crippen molar-refractivity contribution in [2.45, 2.75) is 40.7 Å². The van der Waals surface area contributed by atoms with E-state index in [-0.39, 0.29) is 18.0 Å². The molecule has 0 aliphatic rings. The van der Waals surface area contributed by atoms with Gasteiger partial charge in [-0.15, -0.1) is 0 Å². The molecule has 0 bridgehead atoms. The van der Waals surface area contributed by atoms with Crippen LogP contribution in [0.2, 0.25) is 0 Å². The van der Waals surface area contributed by atoms with Crippen molar-refractivity contribution < 1.29 is 23.3 Å². The Morgan fingerprint density at radius 3 is 2.03 bits per heavy atom. The summed E-state index contributed by atoms with van der Waals surface area (Å²) in [5, 5.41) is 21.0. The van der Waals surface area contributed by atoms with E-state index in [4.69, 9.17) is 23.8 Å². The van der Waals surface area contributed by atoms with Crippen molar-refractivity contribution in [2.24, 2.45) is 0 Å². The average Bonchev–Trinajstić information content (AvgIpc) is 3.34. The summed E-state index contributed by atoms with van der Waals surface area (Å²) in [5.74, 6) is 1.23. The molecule has 0 aliphatic carbocycles. The molecule has 3 heterocycles. The zero-order valence-corrected chi connectivity index (χ0v) is 20.6. The fraction of sp³-hybridized carbons (Fsp3) is 0.360. The van der Waals surface area contributed by atoms with Crippen molar-refractivity contribution in [1.82, 2.24) is 25.6 Å². The number of hydrogen-bond donors (Lipinski definition) is 2. The van der Waals surface area contributed by atoms with Crippen LogP contribution in [0.3, 0.4) is 0 Å². The highest BCUT2D eigenvalue weighted by Gasteiger charge is 2.25. The third kappa shape index (κ3) is 4.80. The van der Waals surface area contributed by atoms with Crippen LogP contribution in [0.5, 0.6) is 5.75 Å². The van der Waals surface area contributed by atoms with Crippen LogP contribution in [-0.4, -0.2) is 51.7 Å². The predicted molar refractivity (Wildman–Crippen MR) is 128 cm³/mol. The smallest absolute Gasteiger partial charge is 0.163 e. The van der Waals surface area contributed by atoms with Gasteiger partial charge in [0.1, 0.15) is 35.8 Å². The maximum absolute atomic E-state index is 15.1. The Bertz CT molecular complexity index is 1260. The van der Waals surface area contributed by atoms with Crippen LogP contribution in [0.25, 0.3) is 33.9 Å². The van der Waals surface area contributed by atoms with Crippen LogP contribution in [0.1, 0.15) is 28.5 Å². The number of aliphatic hydroxyl groups is 1. The maximum Gasteiger partial charge on any atom is 0.163 e. The number of nitrogens with one attached hydrogen (secondary N) is 1. The van der Waals surface area contributed by atoms with Gasteiger partial charge in [0.25, 0.3) is 0 Å². The van der Waals surface area contributed by atoms with Gasteiger partial charge >= 0.3 is 0 Å². The van der Waals surface area contributed by atoms with E-state index in [2.05, 4.69) is 15.6 Å². The molecule has 9 nitrogen and oxygen atoms in total. The van der Waals surface area contributed by atoms with E-state index in [0.29, 0.717) is 46.6 Å². The molecule has 1 aromatic carbocycles. The van der Waals surface area contributed by atoms with Crippen LogP contribution in [0, 0.1) is 40.4 Å². The lowest BCUT2D eigenvalue weighted by atomic mass is 9.99. The Balaban J connectivity index is 1.89. The molecule has 0 aliphatic heterocycles. The Morgan fingerprint density at radius 2 is 1.54 bits per heavy atom. The van der Waals surface area contributed by atoms with Gasteiger partial charge in [0.2, 0.25) is 0 Å². The molecule has 184 valence electrons. The predicted octanol–water partition coefficient (Wildman–Crippen LogP) is 4.09. The van der Waals surface area contributed by atoms with Crippen LogP contribution >= 0.6 is 0 Å². The molecule has 0 spiro atoms. The Kier molecular flexibility index (Phi) is 6.95. The molecule has 3 aromatic heterocycles. The number of ether oxygens (including phenoxy) is 1. The Hall–Kier alpha value is -3.63. The summed E-state index contributed by atoms with van der Waals surface area (Å²) in [5.41, 5.74) is 4.86. The third-order valence-electron chi connectivity index (χ3n) is 5.75. The van der Waals surface area contributed by atoms with Gasteiger partial charge in [0.15, 0.2) is 5.82 Å². The molecule has 0 saturated heterocycles. The molecule has 0 amide bonds. The van der Waals surface area contributed by atoms with Gasteiger partial charge in [0.05, 0.1) is 39.5 Å². The summed E-state index contributed by atoms with van der Waals surface area (Å²) >= 11 is 0. The van der Waals surface area contributed by atoms with Gasteiger partial charge in [-0.05, 0) is 59.9 Å². The van der Waals surface area contributed by atoms with E-state index in [1.165, 1.54) is 18.2 Å². The number of aromatic nitrogens is 4. The fourth-order valence-corrected chi connectivity index (χ4v) is 4.02. The van der Waals surface area contributed by atoms with Gasteiger partial charge in [0, 0.05) is 12.1 Å². The number of likely N-dealkylation sites (N-methyl/N-ethyl adjacent to an activating group) is 1. The number of benzene rings is 1. The Morgan fingerprint density at radius 1 is 0.971 bits per heavy atom. The zero-order chi connectivity index (χ0) is 25.3. The number of rotatable bonds is 8. The van der Waals surface area contributed by atoms with E-state index in [1.807, 2.05) is 20.8 Å². The van der Waals surface area contributed by atoms with E-state index in [0.717, 1.165) is 16.7 Å². The molecule has 0 fully saturated rings. The maximum atomic E-state index is 15.1. The summed E-state index contributed by atoms with van der Waals surface area (Å²) in [6.07, 6.45) is -0.707. The van der Waals surface area contributed by atoms with Gasteiger partial charge in [-0.3, -0.25) is 0 Å². The topological polar surface area (TPSA) is 119 Å². The first-order chi connectivity index (χ1) is 16.7. The lowest BCUT2D eigenvalue weighted by Crippen LogP contribution is -2.29. The quantitative estimate of drug-likeness (QED) is 0.383. The van der Waals surface area contributed by atoms with E-state index in [9.17, 15) is 5.11 Å². The molecule has 10 heteroatoms. The number of halogens is 1. The van der Waals surface area contributed by atoms with Crippen LogP contribution in [-0.2, 0) is 0 Å². The number of nitrogens with zero attached hydrogens (tertiary/aromatic N) is 4. The Labute approximate surface area is 202 Å². The molecule has 1 atom stereocenters. The summed E-state index contributed by atoms with van der Waals surface area (Å²) in [6.45, 7) is 9.58. The first-order valence-corrected chi connectivity index (χ1v) is 11.2. The SMILES string of the molecule is CNC[C@@H](O)COc1ccc(F)c(-c2nc(-c3c(C)noc3C)c(C)c(-c3c(C)noc3C)n2)c1. The molecule has 0 radical (unpaired) electrons. The third-order valence-corrected chi connectivity index (χ3v) is 5.75.